The molecule has 4 aromatic carbocycles. The second-order valence-corrected chi connectivity index (χ2v) is 9.98. The van der Waals surface area contributed by atoms with Crippen LogP contribution >= 0.6 is 0 Å². The molecule has 0 bridgehead atoms. The molecule has 0 aliphatic carbocycles. The highest BCUT2D eigenvalue weighted by Crippen LogP contribution is 2.45. The molecule has 4 aromatic rings. The Balaban J connectivity index is 2.16. The number of hydrogen-bond acceptors (Lipinski definition) is 3. The summed E-state index contributed by atoms with van der Waals surface area (Å²) in [5, 5.41) is 2.77. The number of halogens is 3. The first-order valence-electron chi connectivity index (χ1n) is 10.3. The van der Waals surface area contributed by atoms with Crippen LogP contribution in [0, 0.1) is 0 Å². The van der Waals surface area contributed by atoms with Crippen LogP contribution in [0.15, 0.2) is 71.6 Å². The highest BCUT2D eigenvalue weighted by atomic mass is 32.2. The second-order valence-electron chi connectivity index (χ2n) is 8.73. The number of hydrogen-bond donors (Lipinski definition) is 0. The maximum Gasteiger partial charge on any atom is 0.573 e. The minimum atomic E-state index is -4.89. The van der Waals surface area contributed by atoms with Gasteiger partial charge in [0, 0.05) is 11.1 Å². The lowest BCUT2D eigenvalue weighted by atomic mass is 9.84. The van der Waals surface area contributed by atoms with Crippen LogP contribution in [-0.4, -0.2) is 17.7 Å². The molecule has 3 nitrogen and oxygen atoms in total. The quantitative estimate of drug-likeness (QED) is 0.308. The van der Waals surface area contributed by atoms with Crippen LogP contribution in [0.1, 0.15) is 26.3 Å². The van der Waals surface area contributed by atoms with Crippen LogP contribution in [0.5, 0.6) is 5.75 Å². The SMILES string of the molecule is COS(=O)c1ccc2ccccc2c1-c1c(OC(F)(F)F)ccc2cc(C(C)(C)C)ccc12. The van der Waals surface area contributed by atoms with Crippen molar-refractivity contribution in [1.29, 1.82) is 0 Å². The molecule has 7 heteroatoms. The average Bonchev–Trinajstić information content (AvgIpc) is 2.76. The summed E-state index contributed by atoms with van der Waals surface area (Å²) < 4.78 is 62.5. The van der Waals surface area contributed by atoms with Crippen LogP contribution in [-0.2, 0) is 20.7 Å². The van der Waals surface area contributed by atoms with Gasteiger partial charge >= 0.3 is 6.36 Å². The van der Waals surface area contributed by atoms with Gasteiger partial charge in [0.25, 0.3) is 0 Å². The fourth-order valence-corrected chi connectivity index (χ4v) is 4.72. The van der Waals surface area contributed by atoms with Gasteiger partial charge in [-0.3, -0.25) is 4.18 Å². The first-order valence-corrected chi connectivity index (χ1v) is 11.4. The molecule has 0 N–H and O–H groups in total. The number of fused-ring (bicyclic) bond motifs is 2. The molecule has 0 saturated heterocycles. The summed E-state index contributed by atoms with van der Waals surface area (Å²) >= 11 is -1.89. The molecule has 1 unspecified atom stereocenters. The third-order valence-corrected chi connectivity index (χ3v) is 6.55. The van der Waals surface area contributed by atoms with Crippen molar-refractivity contribution in [3.63, 3.8) is 0 Å². The third-order valence-electron chi connectivity index (χ3n) is 5.55. The Morgan fingerprint density at radius 1 is 0.788 bits per heavy atom. The van der Waals surface area contributed by atoms with Crippen LogP contribution < -0.4 is 4.74 Å². The molecule has 0 radical (unpaired) electrons. The van der Waals surface area contributed by atoms with Crippen molar-refractivity contribution < 1.29 is 26.3 Å². The van der Waals surface area contributed by atoms with Crippen molar-refractivity contribution in [1.82, 2.24) is 0 Å². The normalized spacial score (nSPS) is 13.4. The maximum atomic E-state index is 13.4. The molecule has 172 valence electrons. The number of alkyl halides is 3. The van der Waals surface area contributed by atoms with E-state index < -0.39 is 17.4 Å². The summed E-state index contributed by atoms with van der Waals surface area (Å²) in [5.74, 6) is -0.357. The Hall–Kier alpha value is -2.90. The first kappa shape index (κ1) is 23.3. The Morgan fingerprint density at radius 2 is 1.45 bits per heavy atom. The largest absolute Gasteiger partial charge is 0.573 e. The molecule has 0 saturated carbocycles. The molecular weight excluding hydrogens is 449 g/mol. The van der Waals surface area contributed by atoms with Gasteiger partial charge in [0.05, 0.1) is 12.0 Å². The molecule has 33 heavy (non-hydrogen) atoms. The van der Waals surface area contributed by atoms with E-state index in [1.54, 1.807) is 36.4 Å². The lowest BCUT2D eigenvalue weighted by molar-refractivity contribution is -0.274. The van der Waals surface area contributed by atoms with Crippen molar-refractivity contribution in [2.75, 3.05) is 7.11 Å². The smallest absolute Gasteiger partial charge is 0.405 e. The minimum absolute atomic E-state index is 0.141. The van der Waals surface area contributed by atoms with Gasteiger partial charge in [0.2, 0.25) is 0 Å². The Bertz CT molecular complexity index is 1370. The van der Waals surface area contributed by atoms with Gasteiger partial charge in [0.1, 0.15) is 5.75 Å². The predicted molar refractivity (Wildman–Crippen MR) is 126 cm³/mol. The van der Waals surface area contributed by atoms with E-state index in [2.05, 4.69) is 25.5 Å². The second kappa shape index (κ2) is 8.47. The van der Waals surface area contributed by atoms with E-state index >= 15 is 0 Å². The average molecular weight is 473 g/mol. The zero-order valence-corrected chi connectivity index (χ0v) is 19.4. The summed E-state index contributed by atoms with van der Waals surface area (Å²) in [7, 11) is 1.29. The fourth-order valence-electron chi connectivity index (χ4n) is 3.98. The third kappa shape index (κ3) is 4.61. The summed E-state index contributed by atoms with van der Waals surface area (Å²) in [6, 6.07) is 19.3. The molecule has 0 amide bonds. The summed E-state index contributed by atoms with van der Waals surface area (Å²) in [6.07, 6.45) is -4.89. The highest BCUT2D eigenvalue weighted by Gasteiger charge is 2.33. The summed E-state index contributed by atoms with van der Waals surface area (Å²) in [6.45, 7) is 6.21. The molecule has 0 aliphatic rings. The molecule has 0 aliphatic heterocycles. The lowest BCUT2D eigenvalue weighted by Crippen LogP contribution is -2.18. The van der Waals surface area contributed by atoms with Gasteiger partial charge in [0.15, 0.2) is 11.1 Å². The number of rotatable bonds is 4. The molecule has 0 spiro atoms. The fraction of sp³-hybridized carbons (Fsp3) is 0.231. The van der Waals surface area contributed by atoms with E-state index in [4.69, 9.17) is 4.18 Å². The van der Waals surface area contributed by atoms with E-state index in [1.807, 2.05) is 24.3 Å². The van der Waals surface area contributed by atoms with E-state index in [1.165, 1.54) is 13.2 Å². The monoisotopic (exact) mass is 472 g/mol. The minimum Gasteiger partial charge on any atom is -0.405 e. The van der Waals surface area contributed by atoms with Crippen molar-refractivity contribution >= 4 is 32.6 Å². The topological polar surface area (TPSA) is 35.5 Å². The van der Waals surface area contributed by atoms with Crippen molar-refractivity contribution in [3.05, 3.63) is 72.3 Å². The Kier molecular flexibility index (Phi) is 5.97. The molecule has 0 fully saturated rings. The zero-order valence-electron chi connectivity index (χ0n) is 18.6. The first-order chi connectivity index (χ1) is 15.5. The lowest BCUT2D eigenvalue weighted by Gasteiger charge is -2.22. The van der Waals surface area contributed by atoms with Gasteiger partial charge in [-0.05, 0) is 44.7 Å². The number of ether oxygens (including phenoxy) is 1. The van der Waals surface area contributed by atoms with Gasteiger partial charge in [-0.2, -0.15) is 0 Å². The standard InChI is InChI=1S/C26H23F3O3S/c1-25(2,3)18-11-12-20-17(15-18)9-13-21(32-26(27,28)29)23(20)24-19-8-6-5-7-16(19)10-14-22(24)33(30)31-4/h5-15H,1-4H3. The van der Waals surface area contributed by atoms with Crippen LogP contribution in [0.4, 0.5) is 13.2 Å². The summed E-state index contributed by atoms with van der Waals surface area (Å²) in [5.41, 5.74) is 1.52. The van der Waals surface area contributed by atoms with E-state index in [9.17, 15) is 17.4 Å². The highest BCUT2D eigenvalue weighted by molar-refractivity contribution is 7.80. The Morgan fingerprint density at radius 3 is 2.12 bits per heavy atom. The Labute approximate surface area is 192 Å². The predicted octanol–water partition coefficient (Wildman–Crippen LogP) is 7.53. The van der Waals surface area contributed by atoms with Gasteiger partial charge in [-0.15, -0.1) is 13.2 Å². The molecule has 1 atom stereocenters. The molecule has 0 aromatic heterocycles. The number of benzene rings is 4. The molecule has 0 heterocycles. The summed E-state index contributed by atoms with van der Waals surface area (Å²) in [4.78, 5) is 0.274. The van der Waals surface area contributed by atoms with E-state index in [0.717, 1.165) is 16.3 Å². The van der Waals surface area contributed by atoms with Crippen molar-refractivity contribution in [3.8, 4) is 16.9 Å². The zero-order chi connectivity index (χ0) is 24.0. The van der Waals surface area contributed by atoms with Crippen molar-refractivity contribution in [2.24, 2.45) is 0 Å². The van der Waals surface area contributed by atoms with Crippen LogP contribution in [0.2, 0.25) is 0 Å². The van der Waals surface area contributed by atoms with Crippen LogP contribution in [0.3, 0.4) is 0 Å². The van der Waals surface area contributed by atoms with Gasteiger partial charge in [-0.1, -0.05) is 75.4 Å². The maximum absolute atomic E-state index is 13.4. The van der Waals surface area contributed by atoms with Crippen molar-refractivity contribution in [2.45, 2.75) is 37.4 Å². The molecular formula is C26H23F3O3S. The van der Waals surface area contributed by atoms with E-state index in [-0.39, 0.29) is 21.6 Å². The molecule has 4 rings (SSSR count). The van der Waals surface area contributed by atoms with E-state index in [0.29, 0.717) is 16.3 Å². The van der Waals surface area contributed by atoms with Gasteiger partial charge < -0.3 is 4.74 Å². The van der Waals surface area contributed by atoms with Gasteiger partial charge in [-0.25, -0.2) is 4.21 Å². The van der Waals surface area contributed by atoms with Crippen LogP contribution in [0.25, 0.3) is 32.7 Å².